The molecule has 1 unspecified atom stereocenters. The molecule has 1 atom stereocenters. The van der Waals surface area contributed by atoms with Gasteiger partial charge in [0.25, 0.3) is 0 Å². The lowest BCUT2D eigenvalue weighted by Gasteiger charge is -2.19. The maximum absolute atomic E-state index is 11.9. The van der Waals surface area contributed by atoms with Crippen molar-refractivity contribution in [2.45, 2.75) is 31.8 Å². The number of alkyl halides is 4. The summed E-state index contributed by atoms with van der Waals surface area (Å²) in [6, 6.07) is 0. The fraction of sp³-hybridized carbons (Fsp3) is 1.00. The number of aliphatic hydroxyl groups is 1. The van der Waals surface area contributed by atoms with Crippen molar-refractivity contribution in [3.8, 4) is 0 Å². The summed E-state index contributed by atoms with van der Waals surface area (Å²) < 4.78 is 46.6. The molecule has 0 aliphatic heterocycles. The standard InChI is InChI=1S/C5H8F4O/c1-2-3(10)5(8,9)4(6)7/h3-4,10H,2H2,1H3. The molecule has 10 heavy (non-hydrogen) atoms. The normalized spacial score (nSPS) is 15.9. The Morgan fingerprint density at radius 1 is 1.40 bits per heavy atom. The maximum Gasteiger partial charge on any atom is 0.332 e. The second-order valence-electron chi connectivity index (χ2n) is 1.90. The molecule has 0 aliphatic rings. The molecule has 0 bridgehead atoms. The van der Waals surface area contributed by atoms with Gasteiger partial charge in [0.05, 0.1) is 0 Å². The number of aliphatic hydroxyl groups excluding tert-OH is 1. The third-order valence-corrected chi connectivity index (χ3v) is 1.12. The van der Waals surface area contributed by atoms with Crippen LogP contribution in [0.15, 0.2) is 0 Å². The molecular weight excluding hydrogens is 152 g/mol. The Balaban J connectivity index is 4.09. The van der Waals surface area contributed by atoms with E-state index in [-0.39, 0.29) is 6.42 Å². The first kappa shape index (κ1) is 9.68. The van der Waals surface area contributed by atoms with Crippen LogP contribution in [0.25, 0.3) is 0 Å². The summed E-state index contributed by atoms with van der Waals surface area (Å²) >= 11 is 0. The van der Waals surface area contributed by atoms with Crippen LogP contribution in [-0.2, 0) is 0 Å². The molecule has 0 heterocycles. The van der Waals surface area contributed by atoms with Gasteiger partial charge in [0.15, 0.2) is 0 Å². The second kappa shape index (κ2) is 3.18. The highest BCUT2D eigenvalue weighted by Gasteiger charge is 2.46. The van der Waals surface area contributed by atoms with Gasteiger partial charge in [0.1, 0.15) is 6.10 Å². The van der Waals surface area contributed by atoms with Crippen LogP contribution >= 0.6 is 0 Å². The maximum atomic E-state index is 11.9. The topological polar surface area (TPSA) is 20.2 Å². The van der Waals surface area contributed by atoms with Crippen LogP contribution in [0.3, 0.4) is 0 Å². The minimum absolute atomic E-state index is 0.378. The van der Waals surface area contributed by atoms with Crippen LogP contribution in [0.4, 0.5) is 17.6 Å². The van der Waals surface area contributed by atoms with Crippen LogP contribution in [0.5, 0.6) is 0 Å². The average Bonchev–Trinajstić information content (AvgIpc) is 1.86. The summed E-state index contributed by atoms with van der Waals surface area (Å²) in [5, 5.41) is 8.33. The molecule has 0 amide bonds. The Kier molecular flexibility index (Phi) is 3.08. The summed E-state index contributed by atoms with van der Waals surface area (Å²) in [5.74, 6) is -4.27. The van der Waals surface area contributed by atoms with Gasteiger partial charge in [-0.25, -0.2) is 8.78 Å². The molecule has 0 fully saturated rings. The summed E-state index contributed by atoms with van der Waals surface area (Å²) in [4.78, 5) is 0. The van der Waals surface area contributed by atoms with Crippen molar-refractivity contribution in [1.29, 1.82) is 0 Å². The van der Waals surface area contributed by atoms with Gasteiger partial charge in [-0.15, -0.1) is 0 Å². The van der Waals surface area contributed by atoms with E-state index in [1.165, 1.54) is 6.92 Å². The van der Waals surface area contributed by atoms with Crippen molar-refractivity contribution in [3.63, 3.8) is 0 Å². The van der Waals surface area contributed by atoms with Gasteiger partial charge < -0.3 is 5.11 Å². The summed E-state index contributed by atoms with van der Waals surface area (Å²) in [6.07, 6.45) is -6.41. The van der Waals surface area contributed by atoms with E-state index in [9.17, 15) is 17.6 Å². The number of hydrogen-bond donors (Lipinski definition) is 1. The predicted molar refractivity (Wildman–Crippen MR) is 27.2 cm³/mol. The van der Waals surface area contributed by atoms with Crippen molar-refractivity contribution in [1.82, 2.24) is 0 Å². The van der Waals surface area contributed by atoms with Gasteiger partial charge in [-0.1, -0.05) is 6.92 Å². The largest absolute Gasteiger partial charge is 0.387 e. The number of halogens is 4. The zero-order valence-electron chi connectivity index (χ0n) is 5.32. The summed E-state index contributed by atoms with van der Waals surface area (Å²) in [6.45, 7) is 1.21. The number of hydrogen-bond acceptors (Lipinski definition) is 1. The molecule has 0 rings (SSSR count). The minimum atomic E-state index is -4.27. The van der Waals surface area contributed by atoms with Crippen molar-refractivity contribution in [2.75, 3.05) is 0 Å². The third-order valence-electron chi connectivity index (χ3n) is 1.12. The van der Waals surface area contributed by atoms with Crippen LogP contribution in [0.1, 0.15) is 13.3 Å². The Bertz CT molecular complexity index is 104. The fourth-order valence-corrected chi connectivity index (χ4v) is 0.418. The molecule has 0 aliphatic carbocycles. The zero-order valence-corrected chi connectivity index (χ0v) is 5.32. The molecule has 0 aromatic heterocycles. The lowest BCUT2D eigenvalue weighted by atomic mass is 10.1. The van der Waals surface area contributed by atoms with Gasteiger partial charge in [-0.2, -0.15) is 8.78 Å². The van der Waals surface area contributed by atoms with Crippen LogP contribution in [0.2, 0.25) is 0 Å². The highest BCUT2D eigenvalue weighted by Crippen LogP contribution is 2.27. The van der Waals surface area contributed by atoms with E-state index < -0.39 is 18.5 Å². The summed E-state index contributed by atoms with van der Waals surface area (Å²) in [5.41, 5.74) is 0. The van der Waals surface area contributed by atoms with E-state index in [4.69, 9.17) is 5.11 Å². The third kappa shape index (κ3) is 1.83. The van der Waals surface area contributed by atoms with Gasteiger partial charge in [0, 0.05) is 0 Å². The lowest BCUT2D eigenvalue weighted by molar-refractivity contribution is -0.191. The molecule has 1 nitrogen and oxygen atoms in total. The first-order chi connectivity index (χ1) is 4.42. The first-order valence-electron chi connectivity index (χ1n) is 2.77. The second-order valence-corrected chi connectivity index (χ2v) is 1.90. The van der Waals surface area contributed by atoms with E-state index in [0.717, 1.165) is 0 Å². The highest BCUT2D eigenvalue weighted by molar-refractivity contribution is 4.77. The van der Waals surface area contributed by atoms with Crippen LogP contribution in [-0.4, -0.2) is 23.6 Å². The highest BCUT2D eigenvalue weighted by atomic mass is 19.3. The monoisotopic (exact) mass is 160 g/mol. The Morgan fingerprint density at radius 2 is 1.80 bits per heavy atom. The van der Waals surface area contributed by atoms with E-state index in [2.05, 4.69) is 0 Å². The molecular formula is C5H8F4O. The van der Waals surface area contributed by atoms with Crippen molar-refractivity contribution < 1.29 is 22.7 Å². The van der Waals surface area contributed by atoms with Crippen molar-refractivity contribution in [3.05, 3.63) is 0 Å². The molecule has 5 heteroatoms. The van der Waals surface area contributed by atoms with E-state index in [1.54, 1.807) is 0 Å². The van der Waals surface area contributed by atoms with Gasteiger partial charge in [-0.3, -0.25) is 0 Å². The predicted octanol–water partition coefficient (Wildman–Crippen LogP) is 1.66. The van der Waals surface area contributed by atoms with Gasteiger partial charge in [0.2, 0.25) is 0 Å². The smallest absolute Gasteiger partial charge is 0.332 e. The zero-order chi connectivity index (χ0) is 8.36. The lowest BCUT2D eigenvalue weighted by Crippen LogP contribution is -2.39. The summed E-state index contributed by atoms with van der Waals surface area (Å²) in [7, 11) is 0. The molecule has 0 aromatic carbocycles. The Hall–Kier alpha value is -0.320. The molecule has 0 aromatic rings. The quantitative estimate of drug-likeness (QED) is 0.622. The van der Waals surface area contributed by atoms with E-state index in [1.807, 2.05) is 0 Å². The van der Waals surface area contributed by atoms with Crippen molar-refractivity contribution >= 4 is 0 Å². The van der Waals surface area contributed by atoms with Gasteiger partial charge in [-0.05, 0) is 6.42 Å². The minimum Gasteiger partial charge on any atom is -0.387 e. The molecule has 0 radical (unpaired) electrons. The molecule has 0 saturated heterocycles. The van der Waals surface area contributed by atoms with Gasteiger partial charge >= 0.3 is 12.3 Å². The van der Waals surface area contributed by atoms with E-state index in [0.29, 0.717) is 0 Å². The first-order valence-corrected chi connectivity index (χ1v) is 2.77. The van der Waals surface area contributed by atoms with Crippen LogP contribution in [0, 0.1) is 0 Å². The van der Waals surface area contributed by atoms with Crippen molar-refractivity contribution in [2.24, 2.45) is 0 Å². The molecule has 1 N–H and O–H groups in total. The van der Waals surface area contributed by atoms with E-state index >= 15 is 0 Å². The molecule has 0 saturated carbocycles. The molecule has 62 valence electrons. The number of rotatable bonds is 3. The fourth-order valence-electron chi connectivity index (χ4n) is 0.418. The Morgan fingerprint density at radius 3 is 1.90 bits per heavy atom. The Labute approximate surface area is 55.7 Å². The average molecular weight is 160 g/mol. The van der Waals surface area contributed by atoms with Crippen LogP contribution < -0.4 is 0 Å². The SMILES string of the molecule is CCC(O)C(F)(F)C(F)F. The molecule has 0 spiro atoms.